The van der Waals surface area contributed by atoms with Gasteiger partial charge in [0.15, 0.2) is 11.6 Å². The number of rotatable bonds is 6. The van der Waals surface area contributed by atoms with Crippen LogP contribution in [0.4, 0.5) is 11.6 Å². The molecular weight excluding hydrogens is 316 g/mol. The maximum Gasteiger partial charge on any atom is 0.245 e. The Labute approximate surface area is 134 Å². The fourth-order valence-corrected chi connectivity index (χ4v) is 2.70. The van der Waals surface area contributed by atoms with Crippen LogP contribution in [0.3, 0.4) is 0 Å². The van der Waals surface area contributed by atoms with Crippen molar-refractivity contribution in [2.45, 2.75) is 13.1 Å². The molecule has 0 amide bonds. The van der Waals surface area contributed by atoms with Crippen molar-refractivity contribution in [1.29, 1.82) is 0 Å². The van der Waals surface area contributed by atoms with E-state index in [1.165, 1.54) is 4.88 Å². The largest absolute Gasteiger partial charge is 0.467 e. The summed E-state index contributed by atoms with van der Waals surface area (Å²) in [7, 11) is 0. The van der Waals surface area contributed by atoms with E-state index in [0.29, 0.717) is 36.0 Å². The van der Waals surface area contributed by atoms with Crippen molar-refractivity contribution in [2.24, 2.45) is 0 Å². The summed E-state index contributed by atoms with van der Waals surface area (Å²) in [6, 6.07) is 7.78. The summed E-state index contributed by atoms with van der Waals surface area (Å²) in [4.78, 5) is 9.99. The average Bonchev–Trinajstić information content (AvgIpc) is 3.32. The molecule has 0 saturated carbocycles. The zero-order valence-corrected chi connectivity index (χ0v) is 12.7. The van der Waals surface area contributed by atoms with E-state index in [1.807, 2.05) is 23.6 Å². The summed E-state index contributed by atoms with van der Waals surface area (Å²) in [5.74, 6) is 1.96. The summed E-state index contributed by atoms with van der Waals surface area (Å²) in [6.45, 7) is 1.14. The van der Waals surface area contributed by atoms with Crippen molar-refractivity contribution >= 4 is 34.3 Å². The minimum atomic E-state index is 0.355. The van der Waals surface area contributed by atoms with Crippen LogP contribution in [0.1, 0.15) is 10.6 Å². The summed E-state index contributed by atoms with van der Waals surface area (Å²) < 4.78 is 9.99. The van der Waals surface area contributed by atoms with E-state index in [0.717, 1.165) is 5.76 Å². The molecule has 4 aromatic heterocycles. The van der Waals surface area contributed by atoms with Gasteiger partial charge in [-0.05, 0) is 33.9 Å². The normalized spacial score (nSPS) is 11.0. The van der Waals surface area contributed by atoms with E-state index in [2.05, 4.69) is 41.6 Å². The Morgan fingerprint density at radius 3 is 2.39 bits per heavy atom. The highest BCUT2D eigenvalue weighted by atomic mass is 32.1. The Hall–Kier alpha value is -2.94. The molecular formula is C14H12N6O2S. The maximum absolute atomic E-state index is 5.31. The number of hydrogen-bond donors (Lipinski definition) is 2. The second kappa shape index (κ2) is 6.05. The van der Waals surface area contributed by atoms with Crippen molar-refractivity contribution in [3.63, 3.8) is 0 Å². The Morgan fingerprint density at radius 1 is 0.957 bits per heavy atom. The summed E-state index contributed by atoms with van der Waals surface area (Å²) >= 11 is 1.67. The van der Waals surface area contributed by atoms with Crippen LogP contribution in [0.25, 0.3) is 11.3 Å². The monoisotopic (exact) mass is 328 g/mol. The van der Waals surface area contributed by atoms with Crippen LogP contribution < -0.4 is 10.6 Å². The van der Waals surface area contributed by atoms with Gasteiger partial charge in [-0.2, -0.15) is 0 Å². The third-order valence-corrected chi connectivity index (χ3v) is 4.01. The molecule has 23 heavy (non-hydrogen) atoms. The van der Waals surface area contributed by atoms with Gasteiger partial charge in [0.25, 0.3) is 0 Å². The first kappa shape index (κ1) is 13.7. The van der Waals surface area contributed by atoms with E-state index in [4.69, 9.17) is 4.42 Å². The summed E-state index contributed by atoms with van der Waals surface area (Å²) in [5.41, 5.74) is 0.718. The van der Waals surface area contributed by atoms with Gasteiger partial charge in [0.1, 0.15) is 5.76 Å². The minimum absolute atomic E-state index is 0.355. The predicted molar refractivity (Wildman–Crippen MR) is 85.1 cm³/mol. The zero-order valence-electron chi connectivity index (χ0n) is 11.9. The highest BCUT2D eigenvalue weighted by Crippen LogP contribution is 2.21. The number of nitrogens with one attached hydrogen (secondary N) is 2. The lowest BCUT2D eigenvalue weighted by atomic mass is 10.4. The smallest absolute Gasteiger partial charge is 0.245 e. The fourth-order valence-electron chi connectivity index (χ4n) is 2.05. The lowest BCUT2D eigenvalue weighted by Crippen LogP contribution is -2.08. The molecule has 4 rings (SSSR count). The summed E-state index contributed by atoms with van der Waals surface area (Å²) in [6.07, 6.45) is 1.63. The first-order valence-electron chi connectivity index (χ1n) is 6.91. The molecule has 0 saturated heterocycles. The second-order valence-electron chi connectivity index (χ2n) is 4.70. The van der Waals surface area contributed by atoms with E-state index in [1.54, 1.807) is 17.6 Å². The number of thiophene rings is 1. The molecule has 0 aliphatic carbocycles. The number of furan rings is 1. The Balaban J connectivity index is 1.58. The lowest BCUT2D eigenvalue weighted by Gasteiger charge is -2.10. The van der Waals surface area contributed by atoms with Gasteiger partial charge in [-0.3, -0.25) is 0 Å². The van der Waals surface area contributed by atoms with E-state index in [-0.39, 0.29) is 0 Å². The van der Waals surface area contributed by atoms with Crippen LogP contribution in [0.2, 0.25) is 0 Å². The molecule has 0 fully saturated rings. The van der Waals surface area contributed by atoms with Crippen LogP contribution in [0.15, 0.2) is 45.0 Å². The SMILES string of the molecule is c1coc(CNc2nc3nonc3nc2NCc2cccs2)c1. The zero-order chi connectivity index (χ0) is 15.5. The molecule has 4 heterocycles. The third kappa shape index (κ3) is 2.99. The Kier molecular flexibility index (Phi) is 3.60. The van der Waals surface area contributed by atoms with Gasteiger partial charge in [0.05, 0.1) is 19.4 Å². The lowest BCUT2D eigenvalue weighted by molar-refractivity contribution is 0.314. The van der Waals surface area contributed by atoms with Crippen LogP contribution in [0.5, 0.6) is 0 Å². The quantitative estimate of drug-likeness (QED) is 0.557. The molecule has 8 nitrogen and oxygen atoms in total. The minimum Gasteiger partial charge on any atom is -0.467 e. The highest BCUT2D eigenvalue weighted by Gasteiger charge is 2.13. The molecule has 0 aliphatic heterocycles. The molecule has 116 valence electrons. The van der Waals surface area contributed by atoms with Crippen molar-refractivity contribution in [3.8, 4) is 0 Å². The molecule has 0 unspecified atom stereocenters. The van der Waals surface area contributed by atoms with Crippen LogP contribution in [-0.4, -0.2) is 20.3 Å². The molecule has 0 atom stereocenters. The van der Waals surface area contributed by atoms with Gasteiger partial charge < -0.3 is 15.1 Å². The van der Waals surface area contributed by atoms with E-state index >= 15 is 0 Å². The second-order valence-corrected chi connectivity index (χ2v) is 5.73. The summed E-state index contributed by atoms with van der Waals surface area (Å²) in [5, 5.41) is 15.9. The van der Waals surface area contributed by atoms with Crippen molar-refractivity contribution in [1.82, 2.24) is 20.3 Å². The molecule has 0 radical (unpaired) electrons. The molecule has 9 heteroatoms. The number of fused-ring (bicyclic) bond motifs is 1. The molecule has 4 aromatic rings. The molecule has 0 aliphatic rings. The van der Waals surface area contributed by atoms with Gasteiger partial charge in [-0.25, -0.2) is 14.6 Å². The van der Waals surface area contributed by atoms with Crippen molar-refractivity contribution in [2.75, 3.05) is 10.6 Å². The standard InChI is InChI=1S/C14H12N6O2S/c1-3-9(21-5-1)7-15-11-12(16-8-10-4-2-6-23-10)18-14-13(17-11)19-22-20-14/h1-6H,7-8H2,(H,15,17,19)(H,16,18,20). The first-order chi connectivity index (χ1) is 11.4. The molecule has 0 spiro atoms. The van der Waals surface area contributed by atoms with Crippen LogP contribution in [-0.2, 0) is 13.1 Å². The Bertz CT molecular complexity index is 815. The van der Waals surface area contributed by atoms with E-state index < -0.39 is 0 Å². The van der Waals surface area contributed by atoms with Gasteiger partial charge in [0.2, 0.25) is 11.3 Å². The number of nitrogens with zero attached hydrogens (tertiary/aromatic N) is 4. The van der Waals surface area contributed by atoms with Crippen LogP contribution in [0, 0.1) is 0 Å². The highest BCUT2D eigenvalue weighted by molar-refractivity contribution is 7.09. The van der Waals surface area contributed by atoms with Gasteiger partial charge in [0, 0.05) is 4.88 Å². The molecule has 0 bridgehead atoms. The maximum atomic E-state index is 5.31. The van der Waals surface area contributed by atoms with Gasteiger partial charge in [-0.1, -0.05) is 6.07 Å². The predicted octanol–water partition coefficient (Wildman–Crippen LogP) is 2.89. The average molecular weight is 328 g/mol. The van der Waals surface area contributed by atoms with Crippen molar-refractivity contribution in [3.05, 3.63) is 46.5 Å². The topological polar surface area (TPSA) is 102 Å². The first-order valence-corrected chi connectivity index (χ1v) is 7.79. The fraction of sp³-hybridized carbons (Fsp3) is 0.143. The van der Waals surface area contributed by atoms with Gasteiger partial charge in [-0.15, -0.1) is 11.3 Å². The van der Waals surface area contributed by atoms with Crippen molar-refractivity contribution < 1.29 is 9.05 Å². The number of anilines is 2. The molecule has 0 aromatic carbocycles. The third-order valence-electron chi connectivity index (χ3n) is 3.13. The molecule has 2 N–H and O–H groups in total. The van der Waals surface area contributed by atoms with E-state index in [9.17, 15) is 0 Å². The number of aromatic nitrogens is 4. The number of hydrogen-bond acceptors (Lipinski definition) is 9. The van der Waals surface area contributed by atoms with Gasteiger partial charge >= 0.3 is 0 Å². The van der Waals surface area contributed by atoms with Crippen LogP contribution >= 0.6 is 11.3 Å². The Morgan fingerprint density at radius 2 is 1.74 bits per heavy atom.